The largest absolute Gasteiger partial charge is 0.379 e. The van der Waals surface area contributed by atoms with Gasteiger partial charge in [-0.05, 0) is 52.5 Å². The van der Waals surface area contributed by atoms with Gasteiger partial charge in [0.25, 0.3) is 0 Å². The Morgan fingerprint density at radius 3 is 2.50 bits per heavy atom. The molecular formula is C19H38IN5O. The lowest BCUT2D eigenvalue weighted by Gasteiger charge is -2.39. The van der Waals surface area contributed by atoms with Crippen molar-refractivity contribution in [2.75, 3.05) is 59.0 Å². The molecule has 2 aliphatic heterocycles. The maximum atomic E-state index is 5.48. The fourth-order valence-electron chi connectivity index (χ4n) is 3.92. The number of nitrogens with one attached hydrogen (secondary N) is 2. The van der Waals surface area contributed by atoms with Crippen LogP contribution in [0.15, 0.2) is 4.99 Å². The van der Waals surface area contributed by atoms with Crippen LogP contribution in [0.4, 0.5) is 0 Å². The molecule has 2 saturated heterocycles. The van der Waals surface area contributed by atoms with Gasteiger partial charge in [-0.15, -0.1) is 24.0 Å². The molecule has 0 spiro atoms. The molecule has 2 N–H and O–H groups in total. The highest BCUT2D eigenvalue weighted by molar-refractivity contribution is 14.0. The molecule has 0 bridgehead atoms. The van der Waals surface area contributed by atoms with Crippen LogP contribution in [0.3, 0.4) is 0 Å². The summed E-state index contributed by atoms with van der Waals surface area (Å²) in [6, 6.07) is 0.904. The number of ether oxygens (including phenoxy) is 1. The van der Waals surface area contributed by atoms with E-state index in [0.29, 0.717) is 0 Å². The molecule has 152 valence electrons. The normalized spacial score (nSPS) is 25.8. The van der Waals surface area contributed by atoms with Crippen LogP contribution in [0.1, 0.15) is 40.0 Å². The van der Waals surface area contributed by atoms with Gasteiger partial charge in [-0.25, -0.2) is 0 Å². The van der Waals surface area contributed by atoms with E-state index in [1.807, 2.05) is 0 Å². The molecule has 7 heteroatoms. The van der Waals surface area contributed by atoms with Crippen LogP contribution in [0, 0.1) is 5.92 Å². The molecular weight excluding hydrogens is 441 g/mol. The number of rotatable bonds is 7. The lowest BCUT2D eigenvalue weighted by Crippen LogP contribution is -2.52. The summed E-state index contributed by atoms with van der Waals surface area (Å²) in [5.41, 5.74) is 0.0717. The SMILES string of the molecule is CCNC(=NCC(C)(C)N1CCOCC1)NCC1CCN(C2CC2)C1.I. The van der Waals surface area contributed by atoms with Crippen molar-refractivity contribution >= 4 is 29.9 Å². The zero-order chi connectivity index (χ0) is 17.7. The molecule has 1 aliphatic carbocycles. The zero-order valence-electron chi connectivity index (χ0n) is 16.8. The molecule has 0 aromatic heterocycles. The summed E-state index contributed by atoms with van der Waals surface area (Å²) in [5, 5.41) is 7.00. The highest BCUT2D eigenvalue weighted by atomic mass is 127. The van der Waals surface area contributed by atoms with Gasteiger partial charge < -0.3 is 20.3 Å². The van der Waals surface area contributed by atoms with E-state index in [9.17, 15) is 0 Å². The number of guanidine groups is 1. The van der Waals surface area contributed by atoms with Gasteiger partial charge in [0.05, 0.1) is 19.8 Å². The zero-order valence-corrected chi connectivity index (χ0v) is 19.1. The first-order valence-corrected chi connectivity index (χ1v) is 10.2. The Balaban J connectivity index is 0.00000243. The molecule has 1 saturated carbocycles. The standard InChI is InChI=1S/C19H37N5O.HI/c1-4-20-18(21-13-16-7-8-23(14-16)17-5-6-17)22-15-19(2,3)24-9-11-25-12-10-24;/h16-17H,4-15H2,1-3H3,(H2,20,21,22);1H. The van der Waals surface area contributed by atoms with E-state index in [0.717, 1.165) is 63.9 Å². The van der Waals surface area contributed by atoms with Crippen molar-refractivity contribution in [1.29, 1.82) is 0 Å². The van der Waals surface area contributed by atoms with Crippen molar-refractivity contribution in [2.45, 2.75) is 51.6 Å². The van der Waals surface area contributed by atoms with Gasteiger partial charge in [-0.2, -0.15) is 0 Å². The average Bonchev–Trinajstić information content (AvgIpc) is 3.37. The Morgan fingerprint density at radius 1 is 1.12 bits per heavy atom. The van der Waals surface area contributed by atoms with Crippen molar-refractivity contribution in [3.05, 3.63) is 0 Å². The number of hydrogen-bond donors (Lipinski definition) is 2. The fourth-order valence-corrected chi connectivity index (χ4v) is 3.92. The Hall–Kier alpha value is -0.120. The predicted molar refractivity (Wildman–Crippen MR) is 119 cm³/mol. The first-order valence-electron chi connectivity index (χ1n) is 10.2. The quantitative estimate of drug-likeness (QED) is 0.331. The van der Waals surface area contributed by atoms with E-state index in [4.69, 9.17) is 9.73 Å². The second-order valence-electron chi connectivity index (χ2n) is 8.37. The summed E-state index contributed by atoms with van der Waals surface area (Å²) in [5.74, 6) is 1.73. The van der Waals surface area contributed by atoms with E-state index >= 15 is 0 Å². The number of likely N-dealkylation sites (tertiary alicyclic amines) is 1. The third kappa shape index (κ3) is 6.49. The maximum Gasteiger partial charge on any atom is 0.191 e. The maximum absolute atomic E-state index is 5.48. The third-order valence-corrected chi connectivity index (χ3v) is 5.77. The van der Waals surface area contributed by atoms with Gasteiger partial charge in [0.2, 0.25) is 0 Å². The Morgan fingerprint density at radius 2 is 1.85 bits per heavy atom. The molecule has 6 nitrogen and oxygen atoms in total. The summed E-state index contributed by atoms with van der Waals surface area (Å²) < 4.78 is 5.48. The summed E-state index contributed by atoms with van der Waals surface area (Å²) in [7, 11) is 0. The van der Waals surface area contributed by atoms with Gasteiger partial charge >= 0.3 is 0 Å². The van der Waals surface area contributed by atoms with E-state index in [1.165, 1.54) is 32.4 Å². The predicted octanol–water partition coefficient (Wildman–Crippen LogP) is 1.75. The molecule has 3 aliphatic rings. The Kier molecular flexibility index (Phi) is 8.90. The van der Waals surface area contributed by atoms with Crippen LogP contribution in [0.5, 0.6) is 0 Å². The topological polar surface area (TPSA) is 52.1 Å². The van der Waals surface area contributed by atoms with Crippen molar-refractivity contribution in [1.82, 2.24) is 20.4 Å². The number of halogens is 1. The molecule has 26 heavy (non-hydrogen) atoms. The molecule has 0 aromatic carbocycles. The monoisotopic (exact) mass is 479 g/mol. The van der Waals surface area contributed by atoms with Crippen molar-refractivity contribution < 1.29 is 4.74 Å². The lowest BCUT2D eigenvalue weighted by molar-refractivity contribution is -0.00683. The van der Waals surface area contributed by atoms with Crippen molar-refractivity contribution in [2.24, 2.45) is 10.9 Å². The van der Waals surface area contributed by atoms with Gasteiger partial charge in [0.1, 0.15) is 0 Å². The number of nitrogens with zero attached hydrogens (tertiary/aromatic N) is 3. The number of morpholine rings is 1. The van der Waals surface area contributed by atoms with Crippen LogP contribution < -0.4 is 10.6 Å². The summed E-state index contributed by atoms with van der Waals surface area (Å²) >= 11 is 0. The molecule has 1 unspecified atom stereocenters. The first kappa shape index (κ1) is 22.2. The summed E-state index contributed by atoms with van der Waals surface area (Å²) in [6.45, 7) is 15.7. The molecule has 1 atom stereocenters. The van der Waals surface area contributed by atoms with Crippen molar-refractivity contribution in [3.8, 4) is 0 Å². The minimum absolute atomic E-state index is 0. The molecule has 0 radical (unpaired) electrons. The second kappa shape index (κ2) is 10.4. The molecule has 3 fully saturated rings. The lowest BCUT2D eigenvalue weighted by atomic mass is 10.0. The van der Waals surface area contributed by atoms with Crippen LogP contribution in [0.2, 0.25) is 0 Å². The molecule has 3 rings (SSSR count). The molecule has 0 aromatic rings. The van der Waals surface area contributed by atoms with Gasteiger partial charge in [0.15, 0.2) is 5.96 Å². The fraction of sp³-hybridized carbons (Fsp3) is 0.947. The second-order valence-corrected chi connectivity index (χ2v) is 8.37. The average molecular weight is 479 g/mol. The summed E-state index contributed by atoms with van der Waals surface area (Å²) in [6.07, 6.45) is 4.16. The smallest absolute Gasteiger partial charge is 0.191 e. The van der Waals surface area contributed by atoms with Gasteiger partial charge in [0, 0.05) is 44.3 Å². The highest BCUT2D eigenvalue weighted by Crippen LogP contribution is 2.31. The highest BCUT2D eigenvalue weighted by Gasteiger charge is 2.34. The van der Waals surface area contributed by atoms with E-state index in [-0.39, 0.29) is 29.5 Å². The first-order chi connectivity index (χ1) is 12.1. The summed E-state index contributed by atoms with van der Waals surface area (Å²) in [4.78, 5) is 10.1. The Bertz CT molecular complexity index is 449. The van der Waals surface area contributed by atoms with Crippen molar-refractivity contribution in [3.63, 3.8) is 0 Å². The molecule has 2 heterocycles. The minimum atomic E-state index is 0. The van der Waals surface area contributed by atoms with Crippen LogP contribution in [-0.4, -0.2) is 86.4 Å². The minimum Gasteiger partial charge on any atom is -0.379 e. The Labute approximate surface area is 176 Å². The van der Waals surface area contributed by atoms with Gasteiger partial charge in [-0.3, -0.25) is 9.89 Å². The van der Waals surface area contributed by atoms with Crippen LogP contribution in [-0.2, 0) is 4.74 Å². The number of aliphatic imine (C=N–C) groups is 1. The van der Waals surface area contributed by atoms with E-state index in [1.54, 1.807) is 0 Å². The van der Waals surface area contributed by atoms with Gasteiger partial charge in [-0.1, -0.05) is 0 Å². The van der Waals surface area contributed by atoms with E-state index < -0.39 is 0 Å². The third-order valence-electron chi connectivity index (χ3n) is 5.77. The van der Waals surface area contributed by atoms with Crippen LogP contribution in [0.25, 0.3) is 0 Å². The number of hydrogen-bond acceptors (Lipinski definition) is 4. The molecule has 0 amide bonds. The van der Waals surface area contributed by atoms with E-state index in [2.05, 4.69) is 41.2 Å². The van der Waals surface area contributed by atoms with Crippen LogP contribution >= 0.6 is 24.0 Å².